The highest BCUT2D eigenvalue weighted by atomic mass is 16.5. The van der Waals surface area contributed by atoms with Crippen LogP contribution in [0.1, 0.15) is 74.0 Å². The van der Waals surface area contributed by atoms with Crippen LogP contribution in [0.4, 0.5) is 0 Å². The van der Waals surface area contributed by atoms with Gasteiger partial charge in [-0.1, -0.05) is 90.6 Å². The predicted octanol–water partition coefficient (Wildman–Crippen LogP) is 7.87. The number of ketones is 1. The molecule has 0 aliphatic heterocycles. The SMILES string of the molecule is COC(=O)[C@@H]1CC=C2[C@@H](C1)[C@H](c1cccc(CC3(C)C(=O)CCC4=C3C(C#N)(C#N)CC=CC4c3ccccc3)c1)C=CCC2(C#N)C#N. The number of fused-ring (bicyclic) bond motifs is 1. The number of nitriles is 4. The van der Waals surface area contributed by atoms with Crippen LogP contribution in [0, 0.1) is 73.4 Å². The number of hydrogen-bond donors (Lipinski definition) is 0. The third-order valence-corrected chi connectivity index (χ3v) is 11.3. The van der Waals surface area contributed by atoms with Crippen molar-refractivity contribution >= 4 is 11.8 Å². The predicted molar refractivity (Wildman–Crippen MR) is 183 cm³/mol. The number of carbonyl (C=O) groups is 2. The summed E-state index contributed by atoms with van der Waals surface area (Å²) in [5.74, 6) is -1.34. The molecule has 4 aliphatic rings. The van der Waals surface area contributed by atoms with Gasteiger partial charge in [-0.25, -0.2) is 0 Å². The van der Waals surface area contributed by atoms with E-state index in [1.807, 2.05) is 67.6 Å². The number of hydrogen-bond acceptors (Lipinski definition) is 7. The molecule has 0 saturated carbocycles. The molecule has 0 amide bonds. The molecule has 2 aromatic rings. The van der Waals surface area contributed by atoms with Crippen molar-refractivity contribution in [2.75, 3.05) is 7.11 Å². The highest BCUT2D eigenvalue weighted by molar-refractivity contribution is 5.91. The van der Waals surface area contributed by atoms with Crippen molar-refractivity contribution in [1.82, 2.24) is 0 Å². The Morgan fingerprint density at radius 2 is 1.55 bits per heavy atom. The zero-order valence-electron chi connectivity index (χ0n) is 27.9. The molecule has 0 aromatic heterocycles. The number of allylic oxidation sites excluding steroid dienone is 8. The van der Waals surface area contributed by atoms with Gasteiger partial charge in [-0.2, -0.15) is 21.0 Å². The Bertz CT molecular complexity index is 1950. The van der Waals surface area contributed by atoms with E-state index in [2.05, 4.69) is 48.6 Å². The van der Waals surface area contributed by atoms with Gasteiger partial charge in [0.2, 0.25) is 0 Å². The van der Waals surface area contributed by atoms with Crippen LogP contribution in [0.2, 0.25) is 0 Å². The van der Waals surface area contributed by atoms with Crippen LogP contribution in [0.3, 0.4) is 0 Å². The molecule has 0 spiro atoms. The minimum absolute atomic E-state index is 0.0147. The minimum atomic E-state index is -1.48. The smallest absolute Gasteiger partial charge is 0.308 e. The second-order valence-electron chi connectivity index (χ2n) is 14.0. The molecule has 7 nitrogen and oxygen atoms in total. The van der Waals surface area contributed by atoms with Gasteiger partial charge in [0.25, 0.3) is 0 Å². The lowest BCUT2D eigenvalue weighted by atomic mass is 9.57. The van der Waals surface area contributed by atoms with Crippen LogP contribution >= 0.6 is 0 Å². The maximum Gasteiger partial charge on any atom is 0.308 e. The average molecular weight is 647 g/mol. The molecule has 2 aromatic carbocycles. The fraction of sp³-hybridized carbons (Fsp3) is 0.381. The number of ether oxygens (including phenoxy) is 1. The summed E-state index contributed by atoms with van der Waals surface area (Å²) in [7, 11) is 1.37. The standard InChI is InChI=1S/C42H38N4O3/c1-40(37(47)18-16-34-32(29-10-4-3-5-11-29)13-8-20-42(26-45,27-46)38(34)40)23-28-9-6-12-30(21-28)33-14-7-19-41(24-43,25-44)36-17-15-31(22-35(33)36)39(48)49-2/h3-14,17,21,31-33,35H,15-16,18-20,22-23H2,1-2H3/t31-,32?,33+,35+,40?/m1/s1. The maximum atomic E-state index is 14.1. The molecule has 6 rings (SSSR count). The first-order valence-corrected chi connectivity index (χ1v) is 16.9. The Labute approximate surface area is 288 Å². The monoisotopic (exact) mass is 646 g/mol. The number of carbonyl (C=O) groups excluding carboxylic acids is 2. The number of esters is 1. The van der Waals surface area contributed by atoms with Crippen LogP contribution in [-0.4, -0.2) is 18.9 Å². The van der Waals surface area contributed by atoms with E-state index in [0.29, 0.717) is 37.7 Å². The van der Waals surface area contributed by atoms with E-state index in [-0.39, 0.29) is 48.3 Å². The van der Waals surface area contributed by atoms with Crippen molar-refractivity contribution in [3.05, 3.63) is 118 Å². The molecule has 0 radical (unpaired) electrons. The van der Waals surface area contributed by atoms with Gasteiger partial charge in [-0.05, 0) is 66.4 Å². The largest absolute Gasteiger partial charge is 0.469 e. The van der Waals surface area contributed by atoms with Gasteiger partial charge in [-0.3, -0.25) is 9.59 Å². The van der Waals surface area contributed by atoms with Gasteiger partial charge in [0.05, 0.1) is 42.7 Å². The summed E-state index contributed by atoms with van der Waals surface area (Å²) in [6.07, 6.45) is 12.3. The van der Waals surface area contributed by atoms with Gasteiger partial charge < -0.3 is 4.74 Å². The third kappa shape index (κ3) is 5.61. The Morgan fingerprint density at radius 3 is 2.24 bits per heavy atom. The van der Waals surface area contributed by atoms with E-state index in [1.165, 1.54) is 7.11 Å². The van der Waals surface area contributed by atoms with Crippen LogP contribution in [0.25, 0.3) is 0 Å². The maximum absolute atomic E-state index is 14.1. The fourth-order valence-electron chi connectivity index (χ4n) is 8.88. The lowest BCUT2D eigenvalue weighted by Gasteiger charge is -2.42. The third-order valence-electron chi connectivity index (χ3n) is 11.3. The molecule has 244 valence electrons. The normalized spacial score (nSPS) is 28.1. The summed E-state index contributed by atoms with van der Waals surface area (Å²) in [4.78, 5) is 26.8. The first-order valence-electron chi connectivity index (χ1n) is 16.9. The van der Waals surface area contributed by atoms with Crippen molar-refractivity contribution in [2.45, 2.75) is 63.7 Å². The summed E-state index contributed by atoms with van der Waals surface area (Å²) >= 11 is 0. The van der Waals surface area contributed by atoms with E-state index in [4.69, 9.17) is 4.74 Å². The topological polar surface area (TPSA) is 139 Å². The molecular weight excluding hydrogens is 608 g/mol. The Kier molecular flexibility index (Phi) is 8.99. The van der Waals surface area contributed by atoms with Crippen molar-refractivity contribution in [2.24, 2.45) is 28.1 Å². The number of nitrogens with zero attached hydrogens (tertiary/aromatic N) is 4. The Morgan fingerprint density at radius 1 is 0.878 bits per heavy atom. The van der Waals surface area contributed by atoms with Crippen molar-refractivity contribution in [3.8, 4) is 24.3 Å². The molecule has 0 heterocycles. The Hall–Kier alpha value is -5.50. The van der Waals surface area contributed by atoms with Crippen LogP contribution in [-0.2, 0) is 20.7 Å². The zero-order chi connectivity index (χ0) is 34.8. The lowest BCUT2D eigenvalue weighted by molar-refractivity contribution is -0.146. The van der Waals surface area contributed by atoms with E-state index < -0.39 is 16.2 Å². The zero-order valence-corrected chi connectivity index (χ0v) is 27.9. The Balaban J connectivity index is 1.44. The fourth-order valence-corrected chi connectivity index (χ4v) is 8.88. The van der Waals surface area contributed by atoms with E-state index in [0.717, 1.165) is 27.8 Å². The minimum Gasteiger partial charge on any atom is -0.469 e. The van der Waals surface area contributed by atoms with Crippen molar-refractivity contribution in [3.63, 3.8) is 0 Å². The highest BCUT2D eigenvalue weighted by Gasteiger charge is 2.53. The summed E-state index contributed by atoms with van der Waals surface area (Å²) < 4.78 is 5.09. The number of benzene rings is 2. The number of methoxy groups -OCH3 is 1. The number of rotatable bonds is 5. The second-order valence-corrected chi connectivity index (χ2v) is 14.0. The van der Waals surface area contributed by atoms with Crippen molar-refractivity contribution < 1.29 is 14.3 Å². The molecule has 0 N–H and O–H groups in total. The lowest BCUT2D eigenvalue weighted by Crippen LogP contribution is -2.43. The first-order chi connectivity index (χ1) is 23.7. The van der Waals surface area contributed by atoms with Crippen LogP contribution in [0.5, 0.6) is 0 Å². The molecule has 0 fully saturated rings. The molecule has 2 unspecified atom stereocenters. The molecule has 7 heteroatoms. The van der Waals surface area contributed by atoms with E-state index in [9.17, 15) is 30.6 Å². The first kappa shape index (κ1) is 33.4. The van der Waals surface area contributed by atoms with Crippen molar-refractivity contribution in [1.29, 1.82) is 21.0 Å². The molecule has 5 atom stereocenters. The summed E-state index contributed by atoms with van der Waals surface area (Å²) in [6.45, 7) is 1.90. The molecular formula is C42H38N4O3. The average Bonchev–Trinajstić information content (AvgIpc) is 3.42. The van der Waals surface area contributed by atoms with E-state index in [1.54, 1.807) is 0 Å². The van der Waals surface area contributed by atoms with Crippen LogP contribution < -0.4 is 0 Å². The molecule has 0 saturated heterocycles. The highest BCUT2D eigenvalue weighted by Crippen LogP contribution is 2.55. The second kappa shape index (κ2) is 13.2. The van der Waals surface area contributed by atoms with Gasteiger partial charge in [0.15, 0.2) is 10.8 Å². The van der Waals surface area contributed by atoms with Crippen LogP contribution in [0.15, 0.2) is 102 Å². The van der Waals surface area contributed by atoms with Gasteiger partial charge in [-0.15, -0.1) is 0 Å². The summed E-state index contributed by atoms with van der Waals surface area (Å²) in [5, 5.41) is 41.7. The molecule has 4 aliphatic carbocycles. The van der Waals surface area contributed by atoms with Gasteiger partial charge in [0, 0.05) is 31.1 Å². The summed E-state index contributed by atoms with van der Waals surface area (Å²) in [5.41, 5.74) is 1.34. The van der Waals surface area contributed by atoms with E-state index >= 15 is 0 Å². The number of Topliss-reactive ketones (excluding diaryl/α,β-unsaturated/α-hetero) is 1. The molecule has 49 heavy (non-hydrogen) atoms. The van der Waals surface area contributed by atoms with Gasteiger partial charge in [0.1, 0.15) is 5.78 Å². The molecule has 0 bridgehead atoms. The van der Waals surface area contributed by atoms with Gasteiger partial charge >= 0.3 is 5.97 Å². The quantitative estimate of drug-likeness (QED) is 0.238. The summed E-state index contributed by atoms with van der Waals surface area (Å²) in [6, 6.07) is 27.3.